The third-order valence-electron chi connectivity index (χ3n) is 2.22. The Morgan fingerprint density at radius 3 is 2.38 bits per heavy atom. The molecular formula is C13H25N3. The zero-order chi connectivity index (χ0) is 11.4. The highest BCUT2D eigenvalue weighted by molar-refractivity contribution is 5.16. The summed E-state index contributed by atoms with van der Waals surface area (Å²) in [5.74, 6) is 1.57. The van der Waals surface area contributed by atoms with Gasteiger partial charge >= 0.3 is 0 Å². The monoisotopic (exact) mass is 223 g/mol. The largest absolute Gasteiger partial charge is 0.302 e. The fourth-order valence-electron chi connectivity index (χ4n) is 1.54. The van der Waals surface area contributed by atoms with Gasteiger partial charge in [0.05, 0.1) is 6.54 Å². The molecule has 0 aromatic carbocycles. The number of nitrogens with zero attached hydrogens (tertiary/aromatic N) is 3. The fourth-order valence-corrected chi connectivity index (χ4v) is 1.54. The highest BCUT2D eigenvalue weighted by atomic mass is 15.1. The lowest BCUT2D eigenvalue weighted by atomic mass is 10.0. The molecule has 0 aliphatic heterocycles. The molecule has 0 amide bonds. The number of aryl methyl sites for hydroxylation is 1. The van der Waals surface area contributed by atoms with Gasteiger partial charge in [-0.25, -0.2) is 9.97 Å². The van der Waals surface area contributed by atoms with Crippen LogP contribution >= 0.6 is 0 Å². The second-order valence-electron chi connectivity index (χ2n) is 4.73. The van der Waals surface area contributed by atoms with Gasteiger partial charge in [0.15, 0.2) is 0 Å². The van der Waals surface area contributed by atoms with Gasteiger partial charge in [-0.3, -0.25) is 0 Å². The van der Waals surface area contributed by atoms with Crippen LogP contribution in [0.5, 0.6) is 0 Å². The highest BCUT2D eigenvalue weighted by Gasteiger charge is 2.05. The number of aromatic nitrogens is 2. The van der Waals surface area contributed by atoms with E-state index in [2.05, 4.69) is 35.6 Å². The standard InChI is InChI=1S/C12H21N3.CH4/c1-9(2)6-11-7-13-12(8-15(4)5)14-10(11)3;/h7,9H,6,8H2,1-5H3;1H4. The molecule has 3 heteroatoms. The molecule has 0 fully saturated rings. The van der Waals surface area contributed by atoms with Crippen LogP contribution in [0, 0.1) is 12.8 Å². The van der Waals surface area contributed by atoms with Crippen molar-refractivity contribution >= 4 is 0 Å². The van der Waals surface area contributed by atoms with Crippen molar-refractivity contribution in [1.29, 1.82) is 0 Å². The highest BCUT2D eigenvalue weighted by Crippen LogP contribution is 2.10. The average molecular weight is 223 g/mol. The van der Waals surface area contributed by atoms with Gasteiger partial charge in [-0.15, -0.1) is 0 Å². The van der Waals surface area contributed by atoms with Crippen LogP contribution in [0.2, 0.25) is 0 Å². The van der Waals surface area contributed by atoms with Crippen LogP contribution in [-0.4, -0.2) is 29.0 Å². The molecule has 16 heavy (non-hydrogen) atoms. The molecule has 0 spiro atoms. The zero-order valence-electron chi connectivity index (χ0n) is 10.4. The van der Waals surface area contributed by atoms with Crippen molar-refractivity contribution < 1.29 is 0 Å². The van der Waals surface area contributed by atoms with Crippen molar-refractivity contribution in [1.82, 2.24) is 14.9 Å². The normalized spacial score (nSPS) is 10.7. The fraction of sp³-hybridized carbons (Fsp3) is 0.692. The summed E-state index contributed by atoms with van der Waals surface area (Å²) in [6, 6.07) is 0. The van der Waals surface area contributed by atoms with E-state index in [0.717, 1.165) is 24.5 Å². The molecule has 0 aliphatic rings. The maximum Gasteiger partial charge on any atom is 0.142 e. The van der Waals surface area contributed by atoms with Crippen LogP contribution < -0.4 is 0 Å². The van der Waals surface area contributed by atoms with Gasteiger partial charge in [0.25, 0.3) is 0 Å². The van der Waals surface area contributed by atoms with Crippen molar-refractivity contribution in [3.63, 3.8) is 0 Å². The van der Waals surface area contributed by atoms with Gasteiger partial charge in [0.2, 0.25) is 0 Å². The molecule has 0 saturated carbocycles. The summed E-state index contributed by atoms with van der Waals surface area (Å²) in [4.78, 5) is 11.0. The lowest BCUT2D eigenvalue weighted by Crippen LogP contribution is -2.14. The van der Waals surface area contributed by atoms with E-state index in [9.17, 15) is 0 Å². The van der Waals surface area contributed by atoms with Gasteiger partial charge in [0.1, 0.15) is 5.82 Å². The Hall–Kier alpha value is -0.960. The van der Waals surface area contributed by atoms with Crippen molar-refractivity contribution in [2.45, 2.75) is 41.2 Å². The Kier molecular flexibility index (Phi) is 6.19. The Morgan fingerprint density at radius 2 is 1.94 bits per heavy atom. The molecule has 0 aliphatic carbocycles. The molecule has 1 rings (SSSR count). The van der Waals surface area contributed by atoms with E-state index in [4.69, 9.17) is 0 Å². The number of hydrogen-bond acceptors (Lipinski definition) is 3. The molecule has 0 radical (unpaired) electrons. The van der Waals surface area contributed by atoms with Crippen LogP contribution in [-0.2, 0) is 13.0 Å². The molecule has 1 heterocycles. The molecule has 92 valence electrons. The first-order valence-corrected chi connectivity index (χ1v) is 5.45. The summed E-state index contributed by atoms with van der Waals surface area (Å²) in [6.45, 7) is 7.31. The van der Waals surface area contributed by atoms with Crippen LogP contribution in [0.1, 0.15) is 38.4 Å². The number of hydrogen-bond donors (Lipinski definition) is 0. The topological polar surface area (TPSA) is 29.0 Å². The summed E-state index contributed by atoms with van der Waals surface area (Å²) in [7, 11) is 4.06. The molecule has 0 unspecified atom stereocenters. The second-order valence-corrected chi connectivity index (χ2v) is 4.73. The van der Waals surface area contributed by atoms with E-state index in [1.807, 2.05) is 20.3 Å². The smallest absolute Gasteiger partial charge is 0.142 e. The van der Waals surface area contributed by atoms with Crippen molar-refractivity contribution in [3.8, 4) is 0 Å². The average Bonchev–Trinajstić information content (AvgIpc) is 2.08. The van der Waals surface area contributed by atoms with E-state index in [-0.39, 0.29) is 7.43 Å². The van der Waals surface area contributed by atoms with Gasteiger partial charge in [-0.1, -0.05) is 21.3 Å². The van der Waals surface area contributed by atoms with E-state index < -0.39 is 0 Å². The molecule has 0 N–H and O–H groups in total. The minimum absolute atomic E-state index is 0. The van der Waals surface area contributed by atoms with E-state index >= 15 is 0 Å². The van der Waals surface area contributed by atoms with Crippen LogP contribution in [0.4, 0.5) is 0 Å². The minimum Gasteiger partial charge on any atom is -0.302 e. The lowest BCUT2D eigenvalue weighted by molar-refractivity contribution is 0.389. The number of rotatable bonds is 4. The summed E-state index contributed by atoms with van der Waals surface area (Å²) >= 11 is 0. The molecule has 0 bridgehead atoms. The molecule has 0 saturated heterocycles. The van der Waals surface area contributed by atoms with Gasteiger partial charge in [-0.2, -0.15) is 0 Å². The van der Waals surface area contributed by atoms with Gasteiger partial charge in [0, 0.05) is 11.9 Å². The predicted octanol–water partition coefficient (Wildman–Crippen LogP) is 2.68. The van der Waals surface area contributed by atoms with E-state index in [0.29, 0.717) is 5.92 Å². The lowest BCUT2D eigenvalue weighted by Gasteiger charge is -2.11. The minimum atomic E-state index is 0. The summed E-state index contributed by atoms with van der Waals surface area (Å²) < 4.78 is 0. The Labute approximate surface area is 99.9 Å². The first-order chi connectivity index (χ1) is 6.99. The Morgan fingerprint density at radius 1 is 1.31 bits per heavy atom. The molecule has 3 nitrogen and oxygen atoms in total. The van der Waals surface area contributed by atoms with Gasteiger partial charge < -0.3 is 4.90 Å². The zero-order valence-corrected chi connectivity index (χ0v) is 10.4. The summed E-state index contributed by atoms with van der Waals surface area (Å²) in [6.07, 6.45) is 3.04. The van der Waals surface area contributed by atoms with E-state index in [1.165, 1.54) is 5.56 Å². The van der Waals surface area contributed by atoms with Gasteiger partial charge in [-0.05, 0) is 38.9 Å². The summed E-state index contributed by atoms with van der Waals surface area (Å²) in [5.41, 5.74) is 2.39. The van der Waals surface area contributed by atoms with Crippen molar-refractivity contribution in [3.05, 3.63) is 23.3 Å². The molecule has 1 aromatic heterocycles. The third-order valence-corrected chi connectivity index (χ3v) is 2.22. The molecular weight excluding hydrogens is 198 g/mol. The quantitative estimate of drug-likeness (QED) is 0.786. The maximum absolute atomic E-state index is 4.51. The molecule has 0 atom stereocenters. The van der Waals surface area contributed by atoms with Crippen molar-refractivity contribution in [2.24, 2.45) is 5.92 Å². The first kappa shape index (κ1) is 15.0. The molecule has 1 aromatic rings. The maximum atomic E-state index is 4.51. The summed E-state index contributed by atoms with van der Waals surface area (Å²) in [5, 5.41) is 0. The second kappa shape index (κ2) is 6.59. The SMILES string of the molecule is C.Cc1nc(CN(C)C)ncc1CC(C)C. The Bertz CT molecular complexity index is 319. The van der Waals surface area contributed by atoms with Crippen LogP contribution in [0.3, 0.4) is 0 Å². The first-order valence-electron chi connectivity index (χ1n) is 5.45. The van der Waals surface area contributed by atoms with Crippen molar-refractivity contribution in [2.75, 3.05) is 14.1 Å². The predicted molar refractivity (Wildman–Crippen MR) is 69.4 cm³/mol. The third kappa shape index (κ3) is 4.71. The van der Waals surface area contributed by atoms with E-state index in [1.54, 1.807) is 0 Å². The van der Waals surface area contributed by atoms with Crippen LogP contribution in [0.15, 0.2) is 6.20 Å². The van der Waals surface area contributed by atoms with Crippen LogP contribution in [0.25, 0.3) is 0 Å². The Balaban J connectivity index is 0.00000225.